The van der Waals surface area contributed by atoms with Gasteiger partial charge in [-0.15, -0.1) is 0 Å². The quantitative estimate of drug-likeness (QED) is 0.156. The molecule has 8 heteroatoms. The van der Waals surface area contributed by atoms with Gasteiger partial charge in [0.2, 0.25) is 0 Å². The van der Waals surface area contributed by atoms with Crippen LogP contribution in [0.15, 0.2) is 0 Å². The standard InChI is InChI=1S/C9H11N3O5/c1-16-17-9(15)6-3-2-4-12(6)8(14)7(13)5-11-10/h5-6H,2-4H2,1H3/t6-/m1/s1. The second-order valence-corrected chi connectivity index (χ2v) is 3.33. The molecular formula is C9H11N3O5. The zero-order chi connectivity index (χ0) is 12.8. The van der Waals surface area contributed by atoms with Crippen LogP contribution >= 0.6 is 0 Å². The molecule has 0 saturated carbocycles. The van der Waals surface area contributed by atoms with E-state index in [1.165, 1.54) is 7.11 Å². The summed E-state index contributed by atoms with van der Waals surface area (Å²) in [6.45, 7) is 0.271. The Morgan fingerprint density at radius 3 is 2.76 bits per heavy atom. The summed E-state index contributed by atoms with van der Waals surface area (Å²) in [6.07, 6.45) is 1.47. The summed E-state index contributed by atoms with van der Waals surface area (Å²) < 4.78 is 0. The van der Waals surface area contributed by atoms with Gasteiger partial charge in [0.25, 0.3) is 0 Å². The summed E-state index contributed by atoms with van der Waals surface area (Å²) in [5.74, 6) is -2.63. The van der Waals surface area contributed by atoms with Gasteiger partial charge in [0, 0.05) is 6.54 Å². The maximum absolute atomic E-state index is 11.6. The Kier molecular flexibility index (Phi) is 4.50. The van der Waals surface area contributed by atoms with E-state index in [9.17, 15) is 14.4 Å². The predicted octanol–water partition coefficient (Wildman–Crippen LogP) is -1.05. The molecule has 0 aromatic carbocycles. The van der Waals surface area contributed by atoms with Crippen LogP contribution in [0.4, 0.5) is 0 Å². The molecule has 0 spiro atoms. The SMILES string of the molecule is COOC(=O)[C@H]1CCCN1C(=O)C(=O)C=[N+]=[N-]. The Balaban J connectivity index is 2.75. The lowest BCUT2D eigenvalue weighted by molar-refractivity contribution is -0.258. The summed E-state index contributed by atoms with van der Waals surface area (Å²) in [6, 6.07) is -0.835. The Morgan fingerprint density at radius 1 is 1.47 bits per heavy atom. The first kappa shape index (κ1) is 13.0. The van der Waals surface area contributed by atoms with E-state index < -0.39 is 23.7 Å². The van der Waals surface area contributed by atoms with Gasteiger partial charge >= 0.3 is 23.9 Å². The first-order valence-corrected chi connectivity index (χ1v) is 4.88. The van der Waals surface area contributed by atoms with Gasteiger partial charge in [0.15, 0.2) is 0 Å². The maximum Gasteiger partial charge on any atom is 0.364 e. The third-order valence-corrected chi connectivity index (χ3v) is 2.34. The lowest BCUT2D eigenvalue weighted by atomic mass is 10.2. The fourth-order valence-corrected chi connectivity index (χ4v) is 1.64. The Hall–Kier alpha value is -2.05. The summed E-state index contributed by atoms with van der Waals surface area (Å²) in [7, 11) is 1.17. The highest BCUT2D eigenvalue weighted by atomic mass is 17.2. The fraction of sp³-hybridized carbons (Fsp3) is 0.556. The second kappa shape index (κ2) is 5.88. The van der Waals surface area contributed by atoms with Gasteiger partial charge in [-0.3, -0.25) is 14.5 Å². The molecule has 0 aliphatic carbocycles. The number of ketones is 1. The molecular weight excluding hydrogens is 230 g/mol. The zero-order valence-corrected chi connectivity index (χ0v) is 9.16. The lowest BCUT2D eigenvalue weighted by Crippen LogP contribution is -2.44. The van der Waals surface area contributed by atoms with E-state index in [4.69, 9.17) is 5.53 Å². The van der Waals surface area contributed by atoms with Gasteiger partial charge in [0.05, 0.1) is 7.11 Å². The average molecular weight is 241 g/mol. The van der Waals surface area contributed by atoms with Gasteiger partial charge in [-0.05, 0) is 12.8 Å². The van der Waals surface area contributed by atoms with Crippen LogP contribution in [0.1, 0.15) is 12.8 Å². The molecule has 8 nitrogen and oxygen atoms in total. The van der Waals surface area contributed by atoms with Crippen molar-refractivity contribution in [2.75, 3.05) is 13.7 Å². The van der Waals surface area contributed by atoms with Crippen molar-refractivity contribution < 1.29 is 28.9 Å². The van der Waals surface area contributed by atoms with Gasteiger partial charge < -0.3 is 10.4 Å². The summed E-state index contributed by atoms with van der Waals surface area (Å²) in [5, 5.41) is 0. The van der Waals surface area contributed by atoms with Crippen molar-refractivity contribution in [1.82, 2.24) is 4.90 Å². The number of rotatable bonds is 4. The lowest BCUT2D eigenvalue weighted by Gasteiger charge is -2.20. The molecule has 1 amide bonds. The number of hydrogen-bond donors (Lipinski definition) is 0. The molecule has 92 valence electrons. The first-order valence-electron chi connectivity index (χ1n) is 4.88. The summed E-state index contributed by atoms with van der Waals surface area (Å²) >= 11 is 0. The van der Waals surface area contributed by atoms with E-state index in [2.05, 4.69) is 14.6 Å². The Labute approximate surface area is 96.6 Å². The van der Waals surface area contributed by atoms with E-state index in [-0.39, 0.29) is 6.54 Å². The van der Waals surface area contributed by atoms with Gasteiger partial charge in [-0.2, -0.15) is 9.68 Å². The molecule has 1 aliphatic heterocycles. The zero-order valence-electron chi connectivity index (χ0n) is 9.16. The minimum absolute atomic E-state index is 0.271. The van der Waals surface area contributed by atoms with Crippen molar-refractivity contribution in [2.24, 2.45) is 0 Å². The van der Waals surface area contributed by atoms with Crippen LogP contribution in [0.25, 0.3) is 5.53 Å². The van der Waals surface area contributed by atoms with Crippen molar-refractivity contribution in [3.05, 3.63) is 5.53 Å². The minimum Gasteiger partial charge on any atom is -0.361 e. The van der Waals surface area contributed by atoms with Gasteiger partial charge in [0.1, 0.15) is 6.04 Å². The molecule has 1 atom stereocenters. The number of carbonyl (C=O) groups excluding carboxylic acids is 3. The smallest absolute Gasteiger partial charge is 0.361 e. The molecule has 0 bridgehead atoms. The molecule has 1 heterocycles. The van der Waals surface area contributed by atoms with Crippen molar-refractivity contribution >= 4 is 23.9 Å². The van der Waals surface area contributed by atoms with Crippen molar-refractivity contribution in [3.63, 3.8) is 0 Å². The number of nitrogens with zero attached hydrogens (tertiary/aromatic N) is 3. The van der Waals surface area contributed by atoms with Crippen LogP contribution < -0.4 is 0 Å². The number of amides is 1. The molecule has 0 N–H and O–H groups in total. The van der Waals surface area contributed by atoms with Crippen LogP contribution in [0.3, 0.4) is 0 Å². The largest absolute Gasteiger partial charge is 0.364 e. The van der Waals surface area contributed by atoms with E-state index in [1.54, 1.807) is 0 Å². The van der Waals surface area contributed by atoms with Gasteiger partial charge in [-0.1, -0.05) is 0 Å². The number of Topliss-reactive ketones (excluding diaryl/α,β-unsaturated/α-hetero) is 1. The normalized spacial score (nSPS) is 18.4. The van der Waals surface area contributed by atoms with Crippen molar-refractivity contribution in [1.29, 1.82) is 0 Å². The van der Waals surface area contributed by atoms with E-state index in [0.717, 1.165) is 4.90 Å². The molecule has 17 heavy (non-hydrogen) atoms. The predicted molar refractivity (Wildman–Crippen MR) is 52.5 cm³/mol. The minimum atomic E-state index is -0.996. The highest BCUT2D eigenvalue weighted by Crippen LogP contribution is 2.18. The number of hydrogen-bond acceptors (Lipinski definition) is 5. The van der Waals surface area contributed by atoms with E-state index in [0.29, 0.717) is 19.1 Å². The van der Waals surface area contributed by atoms with Gasteiger partial charge in [-0.25, -0.2) is 4.79 Å². The highest BCUT2D eigenvalue weighted by Gasteiger charge is 2.38. The maximum atomic E-state index is 11.6. The van der Waals surface area contributed by atoms with Crippen LogP contribution in [0.2, 0.25) is 0 Å². The Morgan fingerprint density at radius 2 is 2.18 bits per heavy atom. The number of likely N-dealkylation sites (tertiary alicyclic amines) is 1. The monoisotopic (exact) mass is 241 g/mol. The second-order valence-electron chi connectivity index (χ2n) is 3.33. The third-order valence-electron chi connectivity index (χ3n) is 2.34. The van der Waals surface area contributed by atoms with Crippen molar-refractivity contribution in [2.45, 2.75) is 18.9 Å². The molecule has 0 radical (unpaired) electrons. The molecule has 1 saturated heterocycles. The first-order chi connectivity index (χ1) is 8.11. The number of carbonyl (C=O) groups is 3. The molecule has 1 rings (SSSR count). The van der Waals surface area contributed by atoms with Crippen LogP contribution in [0, 0.1) is 0 Å². The molecule has 1 fully saturated rings. The fourth-order valence-electron chi connectivity index (χ4n) is 1.64. The average Bonchev–Trinajstić information content (AvgIpc) is 2.77. The van der Waals surface area contributed by atoms with E-state index >= 15 is 0 Å². The molecule has 1 aliphatic rings. The van der Waals surface area contributed by atoms with Crippen LogP contribution in [0.5, 0.6) is 0 Å². The molecule has 0 unspecified atom stereocenters. The van der Waals surface area contributed by atoms with E-state index in [1.807, 2.05) is 0 Å². The Bertz CT molecular complexity index is 388. The van der Waals surface area contributed by atoms with Crippen LogP contribution in [-0.2, 0) is 24.2 Å². The van der Waals surface area contributed by atoms with Crippen LogP contribution in [-0.4, -0.2) is 53.3 Å². The topological polar surface area (TPSA) is 109 Å². The molecule has 0 aromatic heterocycles. The van der Waals surface area contributed by atoms with Crippen molar-refractivity contribution in [3.8, 4) is 0 Å². The summed E-state index contributed by atoms with van der Waals surface area (Å²) in [5.41, 5.74) is 8.15. The molecule has 0 aromatic rings. The third kappa shape index (κ3) is 2.96. The highest BCUT2D eigenvalue weighted by molar-refractivity contribution is 6.57. The summed E-state index contributed by atoms with van der Waals surface area (Å²) in [4.78, 5) is 46.2.